The van der Waals surface area contributed by atoms with E-state index in [0.29, 0.717) is 40.2 Å². The molecule has 11 heteroatoms. The number of fused-ring (bicyclic) bond motifs is 1. The first kappa shape index (κ1) is 24.8. The molecule has 1 atom stereocenters. The van der Waals surface area contributed by atoms with Gasteiger partial charge in [0.25, 0.3) is 0 Å². The molecule has 2 heterocycles. The lowest BCUT2D eigenvalue weighted by atomic mass is 9.97. The molecule has 188 valence electrons. The molecule has 0 N–H and O–H groups in total. The van der Waals surface area contributed by atoms with Crippen molar-refractivity contribution in [1.29, 1.82) is 0 Å². The first-order valence-corrected chi connectivity index (χ1v) is 13.0. The Morgan fingerprint density at radius 1 is 1.18 bits per heavy atom. The lowest BCUT2D eigenvalue weighted by Gasteiger charge is -2.34. The molecule has 1 saturated carbocycles. The van der Waals surface area contributed by atoms with Gasteiger partial charge in [-0.2, -0.15) is 17.5 Å². The number of hydrogen-bond donors (Lipinski definition) is 0. The average molecular weight is 501 g/mol. The van der Waals surface area contributed by atoms with Crippen molar-refractivity contribution in [3.05, 3.63) is 42.0 Å². The predicted octanol–water partition coefficient (Wildman–Crippen LogP) is 4.44. The molecule has 1 aliphatic carbocycles. The van der Waals surface area contributed by atoms with Crippen LogP contribution in [0.25, 0.3) is 0 Å². The molecule has 34 heavy (non-hydrogen) atoms. The molecule has 1 aliphatic heterocycles. The summed E-state index contributed by atoms with van der Waals surface area (Å²) >= 11 is 0. The Balaban J connectivity index is 1.76. The first-order chi connectivity index (χ1) is 16.1. The van der Waals surface area contributed by atoms with E-state index >= 15 is 0 Å². The summed E-state index contributed by atoms with van der Waals surface area (Å²) in [7, 11) is -2.11. The number of ether oxygens (including phenoxy) is 1. The zero-order valence-corrected chi connectivity index (χ0v) is 20.3. The number of benzene rings is 1. The van der Waals surface area contributed by atoms with Gasteiger partial charge in [0.15, 0.2) is 0 Å². The van der Waals surface area contributed by atoms with Gasteiger partial charge in [-0.05, 0) is 30.4 Å². The third-order valence-electron chi connectivity index (χ3n) is 6.91. The molecular weight excluding hydrogens is 469 g/mol. The second-order valence-electron chi connectivity index (χ2n) is 9.28. The van der Waals surface area contributed by atoms with Crippen molar-refractivity contribution >= 4 is 15.7 Å². The number of alkyl halides is 3. The van der Waals surface area contributed by atoms with Crippen molar-refractivity contribution in [3.63, 3.8) is 0 Å². The van der Waals surface area contributed by atoms with Crippen LogP contribution in [0.15, 0.2) is 30.7 Å². The van der Waals surface area contributed by atoms with Crippen LogP contribution in [0, 0.1) is 5.92 Å². The minimum absolute atomic E-state index is 0.238. The maximum Gasteiger partial charge on any atom is 0.511 e. The summed E-state index contributed by atoms with van der Waals surface area (Å²) in [5, 5.41) is 0. The van der Waals surface area contributed by atoms with Crippen LogP contribution in [0.2, 0.25) is 0 Å². The van der Waals surface area contributed by atoms with E-state index in [9.17, 15) is 21.6 Å². The second kappa shape index (κ2) is 9.77. The van der Waals surface area contributed by atoms with Crippen LogP contribution in [0.5, 0.6) is 5.75 Å². The molecule has 7 nitrogen and oxygen atoms in total. The molecule has 2 aromatic rings. The van der Waals surface area contributed by atoms with E-state index in [2.05, 4.69) is 4.98 Å². The maximum atomic E-state index is 13.6. The number of aromatic nitrogens is 2. The molecule has 0 spiro atoms. The summed E-state index contributed by atoms with van der Waals surface area (Å²) in [6, 6.07) is 4.64. The monoisotopic (exact) mass is 500 g/mol. The van der Waals surface area contributed by atoms with Gasteiger partial charge in [0.2, 0.25) is 0 Å². The highest BCUT2D eigenvalue weighted by Gasteiger charge is 2.51. The number of methoxy groups -OCH3 is 1. The smallest absolute Gasteiger partial charge is 0.497 e. The molecule has 2 aliphatic rings. The molecule has 1 aromatic carbocycles. The van der Waals surface area contributed by atoms with E-state index in [1.54, 1.807) is 24.5 Å². The summed E-state index contributed by atoms with van der Waals surface area (Å²) in [4.78, 5) is 6.43. The number of rotatable bonds is 7. The Labute approximate surface area is 198 Å². The van der Waals surface area contributed by atoms with E-state index in [1.807, 2.05) is 22.7 Å². The fraction of sp³-hybridized carbons (Fsp3) is 0.609. The van der Waals surface area contributed by atoms with Crippen LogP contribution in [-0.2, 0) is 30.2 Å². The highest BCUT2D eigenvalue weighted by Crippen LogP contribution is 2.38. The Morgan fingerprint density at radius 2 is 1.91 bits per heavy atom. The molecule has 1 fully saturated rings. The minimum Gasteiger partial charge on any atom is -0.497 e. The Kier molecular flexibility index (Phi) is 7.14. The van der Waals surface area contributed by atoms with Gasteiger partial charge in [-0.15, -0.1) is 0 Å². The lowest BCUT2D eigenvalue weighted by molar-refractivity contribution is -0.0492. The van der Waals surface area contributed by atoms with Gasteiger partial charge < -0.3 is 14.2 Å². The van der Waals surface area contributed by atoms with Crippen molar-refractivity contribution in [1.82, 2.24) is 13.9 Å². The van der Waals surface area contributed by atoms with Gasteiger partial charge in [0, 0.05) is 44.1 Å². The minimum atomic E-state index is -5.49. The van der Waals surface area contributed by atoms with Crippen LogP contribution in [-0.4, -0.2) is 47.5 Å². The number of imidazole rings is 1. The molecule has 0 unspecified atom stereocenters. The molecule has 0 radical (unpaired) electrons. The highest BCUT2D eigenvalue weighted by molar-refractivity contribution is 7.89. The van der Waals surface area contributed by atoms with Gasteiger partial charge in [0.05, 0.1) is 25.7 Å². The van der Waals surface area contributed by atoms with Crippen molar-refractivity contribution in [3.8, 4) is 5.75 Å². The fourth-order valence-electron chi connectivity index (χ4n) is 5.10. The van der Waals surface area contributed by atoms with Crippen LogP contribution in [0.3, 0.4) is 0 Å². The molecule has 0 bridgehead atoms. The van der Waals surface area contributed by atoms with Gasteiger partial charge in [-0.1, -0.05) is 31.7 Å². The van der Waals surface area contributed by atoms with Crippen molar-refractivity contribution < 1.29 is 26.3 Å². The lowest BCUT2D eigenvalue weighted by Crippen LogP contribution is -2.47. The number of halogens is 3. The van der Waals surface area contributed by atoms with E-state index in [1.165, 1.54) is 20.0 Å². The Morgan fingerprint density at radius 3 is 2.53 bits per heavy atom. The van der Waals surface area contributed by atoms with Gasteiger partial charge in [-0.3, -0.25) is 0 Å². The maximum absolute atomic E-state index is 13.6. The predicted molar refractivity (Wildman–Crippen MR) is 123 cm³/mol. The van der Waals surface area contributed by atoms with Crippen LogP contribution < -0.4 is 9.64 Å². The Bertz CT molecular complexity index is 1100. The standard InChI is InChI=1S/C23H31F3N4O3S/c1-28-13-19(27-16-28)14-30-20(9-7-17-5-3-4-6-17)15-29(34(31,32)23(24,25)26)12-18-8-10-21(33-2)11-22(18)30/h8,10-11,13,16-17,20H,3-7,9,12,14-15H2,1-2H3/t20-/m1/s1. The summed E-state index contributed by atoms with van der Waals surface area (Å²) in [6.45, 7) is -0.228. The SMILES string of the molecule is COc1ccc2c(c1)N(Cc1cn(C)cn1)[C@H](CCC1CCCC1)CN(S(=O)(=O)C(F)(F)F)C2. The summed E-state index contributed by atoms with van der Waals surface area (Å²) in [6.07, 6.45) is 9.55. The summed E-state index contributed by atoms with van der Waals surface area (Å²) in [5.41, 5.74) is -3.41. The van der Waals surface area contributed by atoms with Crippen LogP contribution in [0.1, 0.15) is 49.8 Å². The third kappa shape index (κ3) is 5.19. The largest absolute Gasteiger partial charge is 0.511 e. The van der Waals surface area contributed by atoms with E-state index in [-0.39, 0.29) is 13.1 Å². The zero-order valence-electron chi connectivity index (χ0n) is 19.5. The van der Waals surface area contributed by atoms with Gasteiger partial charge in [-0.25, -0.2) is 13.4 Å². The normalized spacial score (nSPS) is 20.4. The molecule has 4 rings (SSSR count). The second-order valence-corrected chi connectivity index (χ2v) is 11.2. The highest BCUT2D eigenvalue weighted by atomic mass is 32.2. The number of sulfonamides is 1. The fourth-order valence-corrected chi connectivity index (χ4v) is 6.07. The average Bonchev–Trinajstić information content (AvgIpc) is 3.42. The zero-order chi connectivity index (χ0) is 24.5. The van der Waals surface area contributed by atoms with E-state index < -0.39 is 21.6 Å². The summed E-state index contributed by atoms with van der Waals surface area (Å²) < 4.78 is 73.5. The quantitative estimate of drug-likeness (QED) is 0.562. The number of aryl methyl sites for hydroxylation is 1. The Hall–Kier alpha value is -2.27. The molecule has 0 saturated heterocycles. The van der Waals surface area contributed by atoms with E-state index in [0.717, 1.165) is 25.0 Å². The third-order valence-corrected chi connectivity index (χ3v) is 8.45. The molecule has 0 amide bonds. The van der Waals surface area contributed by atoms with Crippen LogP contribution in [0.4, 0.5) is 18.9 Å². The molecular formula is C23H31F3N4O3S. The number of hydrogen-bond acceptors (Lipinski definition) is 5. The first-order valence-electron chi connectivity index (χ1n) is 11.6. The number of anilines is 1. The van der Waals surface area contributed by atoms with Gasteiger partial charge in [0.1, 0.15) is 5.75 Å². The summed E-state index contributed by atoms with van der Waals surface area (Å²) in [5.74, 6) is 1.09. The van der Waals surface area contributed by atoms with Gasteiger partial charge >= 0.3 is 15.5 Å². The van der Waals surface area contributed by atoms with E-state index in [4.69, 9.17) is 4.74 Å². The van der Waals surface area contributed by atoms with Crippen molar-refractivity contribution in [2.75, 3.05) is 18.6 Å². The van der Waals surface area contributed by atoms with Crippen molar-refractivity contribution in [2.24, 2.45) is 13.0 Å². The number of nitrogens with zero attached hydrogens (tertiary/aromatic N) is 4. The van der Waals surface area contributed by atoms with Crippen LogP contribution >= 0.6 is 0 Å². The van der Waals surface area contributed by atoms with Crippen molar-refractivity contribution in [2.45, 2.75) is 63.2 Å². The molecule has 1 aromatic heterocycles. The topological polar surface area (TPSA) is 67.7 Å².